The normalized spacial score (nSPS) is 20.7. The summed E-state index contributed by atoms with van der Waals surface area (Å²) >= 11 is 0. The highest BCUT2D eigenvalue weighted by molar-refractivity contribution is 8.76. The summed E-state index contributed by atoms with van der Waals surface area (Å²) in [5.41, 5.74) is 4.48. The van der Waals surface area contributed by atoms with Crippen LogP contribution in [0.2, 0.25) is 0 Å². The van der Waals surface area contributed by atoms with E-state index < -0.39 is 0 Å². The van der Waals surface area contributed by atoms with Gasteiger partial charge in [0, 0.05) is 89.3 Å². The first kappa shape index (κ1) is 39.7. The fourth-order valence-corrected chi connectivity index (χ4v) is 6.80. The Labute approximate surface area is 293 Å². The van der Waals surface area contributed by atoms with E-state index in [2.05, 4.69) is 122 Å². The number of likely N-dealkylation sites (N-methyl/N-ethyl adjacent to an activating group) is 2. The fourth-order valence-electron chi connectivity index (χ4n) is 4.86. The third-order valence-electron chi connectivity index (χ3n) is 7.73. The van der Waals surface area contributed by atoms with E-state index in [-0.39, 0.29) is 11.8 Å². The molecule has 0 spiro atoms. The smallest absolute Gasteiger partial charge is 0.105 e. The molecule has 3 unspecified atom stereocenters. The lowest BCUT2D eigenvalue weighted by atomic mass is 9.86. The molecule has 6 nitrogen and oxygen atoms in total. The number of hydrogen-bond donors (Lipinski definition) is 0. The Kier molecular flexibility index (Phi) is 18.7. The average molecular weight is 677 g/mol. The van der Waals surface area contributed by atoms with Gasteiger partial charge >= 0.3 is 0 Å². The second-order valence-corrected chi connectivity index (χ2v) is 14.4. The third kappa shape index (κ3) is 14.4. The second kappa shape index (κ2) is 22.1. The van der Waals surface area contributed by atoms with Gasteiger partial charge in [-0.2, -0.15) is 0 Å². The van der Waals surface area contributed by atoms with Crippen molar-refractivity contribution < 1.29 is 9.47 Å². The molecule has 2 rings (SSSR count). The van der Waals surface area contributed by atoms with Crippen molar-refractivity contribution in [2.45, 2.75) is 13.3 Å². The zero-order chi connectivity index (χ0) is 34.6. The van der Waals surface area contributed by atoms with E-state index in [1.165, 1.54) is 11.4 Å². The van der Waals surface area contributed by atoms with E-state index in [0.29, 0.717) is 5.92 Å². The molecule has 0 aromatic carbocycles. The van der Waals surface area contributed by atoms with Gasteiger partial charge in [-0.25, -0.2) is 0 Å². The van der Waals surface area contributed by atoms with Crippen molar-refractivity contribution in [3.63, 3.8) is 0 Å². The maximum Gasteiger partial charge on any atom is 0.105 e. The average Bonchev–Trinajstić information content (AvgIpc) is 3.06. The van der Waals surface area contributed by atoms with Gasteiger partial charge in [0.1, 0.15) is 11.5 Å². The second-order valence-electron chi connectivity index (χ2n) is 11.7. The predicted octanol–water partition coefficient (Wildman–Crippen LogP) is 8.46. The number of rotatable bonds is 20. The molecule has 47 heavy (non-hydrogen) atoms. The molecule has 2 aliphatic carbocycles. The molecular weight excluding hydrogens is 621 g/mol. The fraction of sp³-hybridized carbons (Fsp3) is 0.410. The molecule has 2 aliphatic rings. The Bertz CT molecular complexity index is 1330. The lowest BCUT2D eigenvalue weighted by Gasteiger charge is -2.28. The summed E-state index contributed by atoms with van der Waals surface area (Å²) in [7, 11) is 17.6. The number of aliphatic imine (C=N–C) groups is 1. The standard InChI is InChI=1S/C39H56N4O2S2/c1-11-13-33(15-19-37-31(3)28-36(42(6)7)30-39(37)45-10)21-24-43(8)25-27-47-46-26-23-40-22-20-32(12-2)14-16-34-17-18-35(41(4)5)29-38(34)44-9/h11-16,18-22,24,28-31,34,37H,1-2,17,23,25-27H2,3-10H3/b16-14+,19-15+,24-21-,32-20+,33-13-,40-22?. The summed E-state index contributed by atoms with van der Waals surface area (Å²) in [5.74, 6) is 4.72. The SMILES string of the molecule is C=C/C=C(\C=C/N(C)CCSSCCN=C/C=C(C=C)/C=C/C1CC=C(N(C)C)C=C1OC)/C=C/C1C(OC)=CC(N(C)C)=CC1C. The van der Waals surface area contributed by atoms with Crippen LogP contribution in [-0.4, -0.2) is 95.0 Å². The maximum absolute atomic E-state index is 5.74. The van der Waals surface area contributed by atoms with Gasteiger partial charge in [0.05, 0.1) is 14.2 Å². The lowest BCUT2D eigenvalue weighted by Crippen LogP contribution is -2.21. The summed E-state index contributed by atoms with van der Waals surface area (Å²) in [4.78, 5) is 11.0. The van der Waals surface area contributed by atoms with Gasteiger partial charge in [-0.05, 0) is 54.0 Å². The quantitative estimate of drug-likeness (QED) is 0.0555. The molecule has 0 aromatic rings. The highest BCUT2D eigenvalue weighted by atomic mass is 33.1. The monoisotopic (exact) mass is 676 g/mol. The van der Waals surface area contributed by atoms with Crippen LogP contribution in [0.3, 0.4) is 0 Å². The Morgan fingerprint density at radius 3 is 2.23 bits per heavy atom. The molecule has 0 radical (unpaired) electrons. The summed E-state index contributed by atoms with van der Waals surface area (Å²) in [6, 6.07) is 0. The molecule has 0 aliphatic heterocycles. The van der Waals surface area contributed by atoms with Gasteiger partial charge in [0.15, 0.2) is 0 Å². The first-order valence-electron chi connectivity index (χ1n) is 16.1. The summed E-state index contributed by atoms with van der Waals surface area (Å²) in [6.45, 7) is 11.8. The van der Waals surface area contributed by atoms with Crippen LogP contribution in [0.4, 0.5) is 0 Å². The van der Waals surface area contributed by atoms with Crippen molar-refractivity contribution >= 4 is 27.8 Å². The molecule has 0 heterocycles. The van der Waals surface area contributed by atoms with Gasteiger partial charge in [-0.1, -0.05) is 96.4 Å². The van der Waals surface area contributed by atoms with E-state index in [4.69, 9.17) is 9.47 Å². The van der Waals surface area contributed by atoms with E-state index in [1.807, 2.05) is 66.2 Å². The van der Waals surface area contributed by atoms with Crippen LogP contribution in [0, 0.1) is 17.8 Å². The van der Waals surface area contributed by atoms with Gasteiger partial charge in [0.25, 0.3) is 0 Å². The molecule has 0 amide bonds. The lowest BCUT2D eigenvalue weighted by molar-refractivity contribution is 0.236. The first-order chi connectivity index (χ1) is 22.6. The number of ether oxygens (including phenoxy) is 2. The van der Waals surface area contributed by atoms with Crippen LogP contribution in [0.1, 0.15) is 13.3 Å². The minimum Gasteiger partial charge on any atom is -0.500 e. The Morgan fingerprint density at radius 2 is 1.57 bits per heavy atom. The summed E-state index contributed by atoms with van der Waals surface area (Å²) in [6.07, 6.45) is 32.2. The molecule has 8 heteroatoms. The van der Waals surface area contributed by atoms with E-state index in [9.17, 15) is 0 Å². The minimum atomic E-state index is 0.196. The molecule has 3 atom stereocenters. The van der Waals surface area contributed by atoms with Crippen LogP contribution in [0.25, 0.3) is 0 Å². The Balaban J connectivity index is 1.74. The van der Waals surface area contributed by atoms with Crippen molar-refractivity contribution in [1.82, 2.24) is 14.7 Å². The number of methoxy groups -OCH3 is 2. The summed E-state index contributed by atoms with van der Waals surface area (Å²) in [5, 5.41) is 0. The number of hydrogen-bond acceptors (Lipinski definition) is 8. The maximum atomic E-state index is 5.74. The van der Waals surface area contributed by atoms with Crippen molar-refractivity contribution in [3.05, 3.63) is 132 Å². The Morgan fingerprint density at radius 1 is 0.894 bits per heavy atom. The largest absolute Gasteiger partial charge is 0.500 e. The van der Waals surface area contributed by atoms with Crippen LogP contribution in [0.15, 0.2) is 137 Å². The van der Waals surface area contributed by atoms with Crippen molar-refractivity contribution in [2.24, 2.45) is 22.7 Å². The molecule has 0 aromatic heterocycles. The number of allylic oxidation sites excluding steroid dienone is 15. The predicted molar refractivity (Wildman–Crippen MR) is 209 cm³/mol. The van der Waals surface area contributed by atoms with E-state index in [0.717, 1.165) is 53.7 Å². The zero-order valence-corrected chi connectivity index (χ0v) is 31.4. The Hall–Kier alpha value is -3.49. The molecule has 0 N–H and O–H groups in total. The highest BCUT2D eigenvalue weighted by Gasteiger charge is 2.24. The topological polar surface area (TPSA) is 40.5 Å². The van der Waals surface area contributed by atoms with Crippen LogP contribution in [-0.2, 0) is 9.47 Å². The first-order valence-corrected chi connectivity index (χ1v) is 18.5. The van der Waals surface area contributed by atoms with E-state index >= 15 is 0 Å². The van der Waals surface area contributed by atoms with Crippen LogP contribution < -0.4 is 0 Å². The third-order valence-corrected chi connectivity index (χ3v) is 10.1. The molecule has 0 bridgehead atoms. The van der Waals surface area contributed by atoms with Crippen molar-refractivity contribution in [3.8, 4) is 0 Å². The molecule has 0 saturated carbocycles. The molecular formula is C39H56N4O2S2. The van der Waals surface area contributed by atoms with Crippen molar-refractivity contribution in [2.75, 3.05) is 74.1 Å². The minimum absolute atomic E-state index is 0.196. The van der Waals surface area contributed by atoms with Crippen LogP contribution in [0.5, 0.6) is 0 Å². The van der Waals surface area contributed by atoms with Gasteiger partial charge in [0.2, 0.25) is 0 Å². The summed E-state index contributed by atoms with van der Waals surface area (Å²) < 4.78 is 11.4. The number of nitrogens with zero attached hydrogens (tertiary/aromatic N) is 4. The van der Waals surface area contributed by atoms with Gasteiger partial charge < -0.3 is 24.2 Å². The molecule has 0 fully saturated rings. The molecule has 256 valence electrons. The van der Waals surface area contributed by atoms with Gasteiger partial charge in [-0.3, -0.25) is 4.99 Å². The van der Waals surface area contributed by atoms with Gasteiger partial charge in [-0.15, -0.1) is 0 Å². The van der Waals surface area contributed by atoms with E-state index in [1.54, 1.807) is 14.2 Å². The highest BCUT2D eigenvalue weighted by Crippen LogP contribution is 2.32. The van der Waals surface area contributed by atoms with Crippen LogP contribution >= 0.6 is 21.6 Å². The zero-order valence-electron chi connectivity index (χ0n) is 29.8. The molecule has 0 saturated heterocycles. The van der Waals surface area contributed by atoms with Crippen molar-refractivity contribution in [1.29, 1.82) is 0 Å².